The fraction of sp³-hybridized carbons (Fsp3) is 0.588. The largest absolute Gasteiger partial charge is 0.106 e. The molecular formula is C102H264. The minimum absolute atomic E-state index is 2.00. The fourth-order valence-electron chi connectivity index (χ4n) is 0. The van der Waals surface area contributed by atoms with E-state index in [-0.39, 0.29) is 0 Å². The SMILES string of the molecule is C=C.C=C.C=C.C=C.C=C.C=C.C=C.C=C.C=C.C=C.C=C.C=C.C=C.C=C.C=C.C=C.C=C.C=C.C=C.C=C.C=C.CC.CC.CC.CC.CC.CC.CC.CC.CC.CC.CC.CC.CC.CC.CC.CC.CC.CC.CC.CC.CC.CC.CC.CC.CC.CC.CC.CC.CC.CC. The third kappa shape index (κ3) is 27700. The van der Waals surface area contributed by atoms with Crippen LogP contribution in [0.15, 0.2) is 276 Å². The van der Waals surface area contributed by atoms with Gasteiger partial charge < -0.3 is 0 Å². The van der Waals surface area contributed by atoms with E-state index in [0.717, 1.165) is 0 Å². The maximum Gasteiger partial charge on any atom is -0.0683 e. The second kappa shape index (κ2) is 28600. The van der Waals surface area contributed by atoms with Gasteiger partial charge in [-0.1, -0.05) is 415 Å². The van der Waals surface area contributed by atoms with Gasteiger partial charge in [0.2, 0.25) is 0 Å². The van der Waals surface area contributed by atoms with Crippen LogP contribution in [0, 0.1) is 0 Å². The lowest BCUT2D eigenvalue weighted by Gasteiger charge is -1.07. The molecule has 0 aromatic carbocycles. The van der Waals surface area contributed by atoms with Crippen LogP contribution in [0.2, 0.25) is 0 Å². The Morgan fingerprint density at radius 1 is 0.0392 bits per heavy atom. The van der Waals surface area contributed by atoms with Crippen molar-refractivity contribution in [2.45, 2.75) is 415 Å². The van der Waals surface area contributed by atoms with Gasteiger partial charge in [0, 0.05) is 0 Å². The van der Waals surface area contributed by atoms with Crippen molar-refractivity contribution >= 4 is 0 Å². The van der Waals surface area contributed by atoms with Gasteiger partial charge in [0.15, 0.2) is 0 Å². The summed E-state index contributed by atoms with van der Waals surface area (Å²) < 4.78 is 0. The van der Waals surface area contributed by atoms with Crippen LogP contribution in [-0.4, -0.2) is 0 Å². The van der Waals surface area contributed by atoms with Gasteiger partial charge in [0.25, 0.3) is 0 Å². The minimum Gasteiger partial charge on any atom is -0.106 e. The first-order valence-electron chi connectivity index (χ1n) is 40.5. The van der Waals surface area contributed by atoms with Gasteiger partial charge in [-0.15, -0.1) is 276 Å². The van der Waals surface area contributed by atoms with Crippen LogP contribution in [0.3, 0.4) is 0 Å². The first-order chi connectivity index (χ1) is 51.0. The molecule has 0 heteroatoms. The van der Waals surface area contributed by atoms with E-state index in [9.17, 15) is 0 Å². The lowest BCUT2D eigenvalue weighted by molar-refractivity contribution is 1.50. The number of hydrogen-bond acceptors (Lipinski definition) is 0. The summed E-state index contributed by atoms with van der Waals surface area (Å²) in [6, 6.07) is 0. The standard InChI is InChI=1S/30C2H6.21C2H4/c51*1-2/h30*1-2H3;21*1-2H2. The summed E-state index contributed by atoms with van der Waals surface area (Å²) in [7, 11) is 0. The van der Waals surface area contributed by atoms with Crippen LogP contribution in [0.4, 0.5) is 0 Å². The van der Waals surface area contributed by atoms with Crippen molar-refractivity contribution in [2.75, 3.05) is 0 Å². The van der Waals surface area contributed by atoms with E-state index >= 15 is 0 Å². The number of rotatable bonds is 0. The van der Waals surface area contributed by atoms with Crippen molar-refractivity contribution in [3.63, 3.8) is 0 Å². The molecule has 0 N–H and O–H groups in total. The average molecular weight is 1490 g/mol. The topological polar surface area (TPSA) is 0 Å². The van der Waals surface area contributed by atoms with Gasteiger partial charge in [-0.3, -0.25) is 0 Å². The monoisotopic (exact) mass is 1490 g/mol. The summed E-state index contributed by atoms with van der Waals surface area (Å²) in [6.45, 7) is 246. The molecule has 0 aromatic rings. The molecule has 102 heavy (non-hydrogen) atoms. The Balaban J connectivity index is -0.00000000531. The fourth-order valence-corrected chi connectivity index (χ4v) is 0. The van der Waals surface area contributed by atoms with Crippen LogP contribution in [-0.2, 0) is 0 Å². The molecule has 0 radical (unpaired) electrons. The minimum atomic E-state index is 2.00. The molecule has 672 valence electrons. The number of hydrogen-bond donors (Lipinski definition) is 0. The molecule has 0 aliphatic carbocycles. The summed E-state index contributed by atoms with van der Waals surface area (Å²) in [5.74, 6) is 0. The molecule has 0 saturated carbocycles. The molecule has 0 unspecified atom stereocenters. The summed E-state index contributed by atoms with van der Waals surface area (Å²) in [5, 5.41) is 0. The molecule has 0 saturated heterocycles. The van der Waals surface area contributed by atoms with Crippen molar-refractivity contribution in [3.05, 3.63) is 276 Å². The first kappa shape index (κ1) is 425. The van der Waals surface area contributed by atoms with Gasteiger partial charge >= 0.3 is 0 Å². The van der Waals surface area contributed by atoms with Crippen LogP contribution in [0.25, 0.3) is 0 Å². The molecule has 0 rings (SSSR count). The lowest BCUT2D eigenvalue weighted by atomic mass is 11.0. The van der Waals surface area contributed by atoms with Crippen LogP contribution in [0.1, 0.15) is 415 Å². The molecular weight excluding hydrogens is 1230 g/mol. The molecule has 0 aliphatic rings. The van der Waals surface area contributed by atoms with Crippen molar-refractivity contribution in [3.8, 4) is 0 Å². The zero-order valence-corrected chi connectivity index (χ0v) is 89.7. The molecule has 0 spiro atoms. The Hall–Kier alpha value is -5.46. The predicted molar refractivity (Wildman–Crippen MR) is 577 cm³/mol. The zero-order valence-electron chi connectivity index (χ0n) is 89.7. The Bertz CT molecular complexity index is 92.2. The molecule has 0 aliphatic heterocycles. The van der Waals surface area contributed by atoms with E-state index in [1.807, 2.05) is 415 Å². The Morgan fingerprint density at radius 3 is 0.0392 bits per heavy atom. The highest BCUT2D eigenvalue weighted by Gasteiger charge is 0.997. The van der Waals surface area contributed by atoms with Gasteiger partial charge in [-0.05, 0) is 0 Å². The van der Waals surface area contributed by atoms with Crippen LogP contribution >= 0.6 is 0 Å². The third-order valence-electron chi connectivity index (χ3n) is 0. The van der Waals surface area contributed by atoms with E-state index in [4.69, 9.17) is 0 Å². The molecule has 0 bridgehead atoms. The Kier molecular flexibility index (Phi) is 119000. The summed E-state index contributed by atoms with van der Waals surface area (Å²) >= 11 is 0. The highest BCUT2D eigenvalue weighted by molar-refractivity contribution is 4.26. The normalized spacial score (nSPS) is 2.59. The lowest BCUT2D eigenvalue weighted by Crippen LogP contribution is -0.856. The molecule has 0 heterocycles. The molecule has 0 atom stereocenters. The first-order valence-corrected chi connectivity index (χ1v) is 40.5. The summed E-state index contributed by atoms with van der Waals surface area (Å²) in [4.78, 5) is 0. The van der Waals surface area contributed by atoms with E-state index < -0.39 is 0 Å². The maximum absolute atomic E-state index is 3.00. The predicted octanol–water partition coefficient (Wildman–Crippen LogP) is 47.6. The van der Waals surface area contributed by atoms with Crippen molar-refractivity contribution in [1.82, 2.24) is 0 Å². The molecule has 0 aromatic heterocycles. The quantitative estimate of drug-likeness (QED) is 0.212. The van der Waals surface area contributed by atoms with Crippen molar-refractivity contribution in [1.29, 1.82) is 0 Å². The maximum atomic E-state index is 3.00. The van der Waals surface area contributed by atoms with Crippen LogP contribution < -0.4 is 0 Å². The smallest absolute Gasteiger partial charge is 0.0683 e. The highest BCUT2D eigenvalue weighted by Crippen LogP contribution is 1.21. The van der Waals surface area contributed by atoms with Gasteiger partial charge in [-0.2, -0.15) is 0 Å². The zero-order chi connectivity index (χ0) is 102. The third-order valence-corrected chi connectivity index (χ3v) is 0. The average Bonchev–Trinajstić information content (AvgIpc) is 3.88. The van der Waals surface area contributed by atoms with Gasteiger partial charge in [0.1, 0.15) is 0 Å². The van der Waals surface area contributed by atoms with Crippen LogP contribution in [0.5, 0.6) is 0 Å². The molecule has 0 fully saturated rings. The second-order valence-electron chi connectivity index (χ2n) is 0. The van der Waals surface area contributed by atoms with E-state index in [1.165, 1.54) is 0 Å². The van der Waals surface area contributed by atoms with Crippen molar-refractivity contribution < 1.29 is 0 Å². The van der Waals surface area contributed by atoms with E-state index in [2.05, 4.69) is 276 Å². The Labute approximate surface area is 687 Å². The summed E-state index contributed by atoms with van der Waals surface area (Å²) in [5.41, 5.74) is 0. The van der Waals surface area contributed by atoms with Gasteiger partial charge in [0.05, 0.1) is 0 Å². The molecule has 0 amide bonds. The van der Waals surface area contributed by atoms with E-state index in [0.29, 0.717) is 0 Å². The van der Waals surface area contributed by atoms with Crippen molar-refractivity contribution in [2.24, 2.45) is 0 Å². The second-order valence-corrected chi connectivity index (χ2v) is 0. The van der Waals surface area contributed by atoms with Gasteiger partial charge in [-0.25, -0.2) is 0 Å². The molecule has 0 nitrogen and oxygen atoms in total. The summed E-state index contributed by atoms with van der Waals surface area (Å²) in [6.07, 6.45) is 0. The Morgan fingerprint density at radius 2 is 0.0392 bits per heavy atom. The highest BCUT2D eigenvalue weighted by atomic mass is 13.1. The van der Waals surface area contributed by atoms with E-state index in [1.54, 1.807) is 0 Å².